The lowest BCUT2D eigenvalue weighted by molar-refractivity contribution is -0.137. The van der Waals surface area contributed by atoms with Crippen molar-refractivity contribution in [3.05, 3.63) is 0 Å². The molecule has 80 valence electrons. The fourth-order valence-electron chi connectivity index (χ4n) is 1.24. The van der Waals surface area contributed by atoms with E-state index in [2.05, 4.69) is 6.07 Å². The molecule has 0 N–H and O–H groups in total. The van der Waals surface area contributed by atoms with Crippen LogP contribution < -0.4 is 0 Å². The number of carbonyl (C=O) groups is 1. The molecular formula is C11H20N2O. The number of amides is 1. The molecule has 0 aliphatic carbocycles. The summed E-state index contributed by atoms with van der Waals surface area (Å²) in [4.78, 5) is 13.1. The molecule has 0 saturated carbocycles. The SMILES string of the molecule is CC.CC(C)CC(=O)N1CC(C#N)C1. The average Bonchev–Trinajstić information content (AvgIpc) is 2.04. The third-order valence-electron chi connectivity index (χ3n) is 2.00. The predicted molar refractivity (Wildman–Crippen MR) is 56.5 cm³/mol. The number of hydrogen-bond acceptors (Lipinski definition) is 2. The van der Waals surface area contributed by atoms with Crippen molar-refractivity contribution in [3.63, 3.8) is 0 Å². The van der Waals surface area contributed by atoms with Gasteiger partial charge in [-0.05, 0) is 5.92 Å². The summed E-state index contributed by atoms with van der Waals surface area (Å²) in [5.41, 5.74) is 0. The maximum Gasteiger partial charge on any atom is 0.222 e. The summed E-state index contributed by atoms with van der Waals surface area (Å²) in [5, 5.41) is 8.48. The zero-order valence-corrected chi connectivity index (χ0v) is 9.58. The monoisotopic (exact) mass is 196 g/mol. The minimum absolute atomic E-state index is 0.0844. The second-order valence-electron chi connectivity index (χ2n) is 3.72. The van der Waals surface area contributed by atoms with Crippen molar-refractivity contribution in [1.82, 2.24) is 4.90 Å². The summed E-state index contributed by atoms with van der Waals surface area (Å²) in [6.07, 6.45) is 0.609. The highest BCUT2D eigenvalue weighted by atomic mass is 16.2. The Morgan fingerprint density at radius 2 is 2.00 bits per heavy atom. The van der Waals surface area contributed by atoms with E-state index in [4.69, 9.17) is 5.26 Å². The second-order valence-corrected chi connectivity index (χ2v) is 3.72. The minimum Gasteiger partial charge on any atom is -0.340 e. The van der Waals surface area contributed by atoms with E-state index in [1.807, 2.05) is 27.7 Å². The van der Waals surface area contributed by atoms with E-state index in [1.54, 1.807) is 4.90 Å². The van der Waals surface area contributed by atoms with Gasteiger partial charge in [0.2, 0.25) is 5.91 Å². The fraction of sp³-hybridized carbons (Fsp3) is 0.818. The Hall–Kier alpha value is -1.04. The molecule has 1 aliphatic rings. The Labute approximate surface area is 86.7 Å². The molecule has 0 spiro atoms. The van der Waals surface area contributed by atoms with Crippen molar-refractivity contribution in [3.8, 4) is 6.07 Å². The molecule has 1 rings (SSSR count). The minimum atomic E-state index is 0.0844. The van der Waals surface area contributed by atoms with Gasteiger partial charge < -0.3 is 4.90 Å². The van der Waals surface area contributed by atoms with Gasteiger partial charge in [0, 0.05) is 19.5 Å². The Balaban J connectivity index is 0.000000791. The highest BCUT2D eigenvalue weighted by molar-refractivity contribution is 5.77. The van der Waals surface area contributed by atoms with Crippen LogP contribution in [0.15, 0.2) is 0 Å². The molecular weight excluding hydrogens is 176 g/mol. The molecule has 14 heavy (non-hydrogen) atoms. The molecule has 0 bridgehead atoms. The van der Waals surface area contributed by atoms with Crippen molar-refractivity contribution < 1.29 is 4.79 Å². The number of hydrogen-bond donors (Lipinski definition) is 0. The molecule has 0 aromatic carbocycles. The summed E-state index contributed by atoms with van der Waals surface area (Å²) in [5.74, 6) is 0.691. The zero-order valence-electron chi connectivity index (χ0n) is 9.58. The van der Waals surface area contributed by atoms with Gasteiger partial charge in [-0.15, -0.1) is 0 Å². The maximum atomic E-state index is 11.3. The molecule has 0 aromatic heterocycles. The lowest BCUT2D eigenvalue weighted by Gasteiger charge is -2.35. The van der Waals surface area contributed by atoms with Crippen molar-refractivity contribution in [1.29, 1.82) is 5.26 Å². The first-order valence-electron chi connectivity index (χ1n) is 5.31. The van der Waals surface area contributed by atoms with Gasteiger partial charge in [0.1, 0.15) is 0 Å². The van der Waals surface area contributed by atoms with Crippen LogP contribution in [0.2, 0.25) is 0 Å². The van der Waals surface area contributed by atoms with Gasteiger partial charge in [0.05, 0.1) is 12.0 Å². The standard InChI is InChI=1S/C9H14N2O.C2H6/c1-7(2)3-9(12)11-5-8(4-10)6-11;1-2/h7-8H,3,5-6H2,1-2H3;1-2H3. The number of carbonyl (C=O) groups excluding carboxylic acids is 1. The van der Waals surface area contributed by atoms with Crippen LogP contribution in [0.4, 0.5) is 0 Å². The van der Waals surface area contributed by atoms with Crippen molar-refractivity contribution in [2.75, 3.05) is 13.1 Å². The van der Waals surface area contributed by atoms with Crippen LogP contribution >= 0.6 is 0 Å². The zero-order chi connectivity index (χ0) is 11.1. The molecule has 1 aliphatic heterocycles. The summed E-state index contributed by atoms with van der Waals surface area (Å²) >= 11 is 0. The molecule has 1 fully saturated rings. The van der Waals surface area contributed by atoms with E-state index in [0.717, 1.165) is 0 Å². The van der Waals surface area contributed by atoms with E-state index >= 15 is 0 Å². The van der Waals surface area contributed by atoms with Crippen LogP contribution in [-0.2, 0) is 4.79 Å². The van der Waals surface area contributed by atoms with Gasteiger partial charge >= 0.3 is 0 Å². The second kappa shape index (κ2) is 6.42. The first-order valence-corrected chi connectivity index (χ1v) is 5.31. The molecule has 1 saturated heterocycles. The van der Waals surface area contributed by atoms with Crippen molar-refractivity contribution >= 4 is 5.91 Å². The van der Waals surface area contributed by atoms with E-state index in [-0.39, 0.29) is 11.8 Å². The lowest BCUT2D eigenvalue weighted by Crippen LogP contribution is -2.49. The summed E-state index contributed by atoms with van der Waals surface area (Å²) < 4.78 is 0. The normalized spacial score (nSPS) is 15.3. The quantitative estimate of drug-likeness (QED) is 0.678. The summed E-state index contributed by atoms with van der Waals surface area (Å²) in [7, 11) is 0. The molecule has 1 amide bonds. The van der Waals surface area contributed by atoms with E-state index in [1.165, 1.54) is 0 Å². The highest BCUT2D eigenvalue weighted by Crippen LogP contribution is 2.16. The Morgan fingerprint density at radius 1 is 1.50 bits per heavy atom. The van der Waals surface area contributed by atoms with Crippen LogP contribution in [0.25, 0.3) is 0 Å². The lowest BCUT2D eigenvalue weighted by atomic mass is 10.00. The van der Waals surface area contributed by atoms with E-state index in [9.17, 15) is 4.79 Å². The number of likely N-dealkylation sites (tertiary alicyclic amines) is 1. The van der Waals surface area contributed by atoms with Gasteiger partial charge in [0.25, 0.3) is 0 Å². The van der Waals surface area contributed by atoms with Crippen molar-refractivity contribution in [2.24, 2.45) is 11.8 Å². The molecule has 3 heteroatoms. The first-order chi connectivity index (χ1) is 6.63. The molecule has 0 aromatic rings. The van der Waals surface area contributed by atoms with Gasteiger partial charge in [-0.2, -0.15) is 5.26 Å². The summed E-state index contributed by atoms with van der Waals surface area (Å²) in [6.45, 7) is 9.34. The fourth-order valence-corrected chi connectivity index (χ4v) is 1.24. The highest BCUT2D eigenvalue weighted by Gasteiger charge is 2.30. The van der Waals surface area contributed by atoms with E-state index < -0.39 is 0 Å². The van der Waals surface area contributed by atoms with Gasteiger partial charge in [-0.1, -0.05) is 27.7 Å². The van der Waals surface area contributed by atoms with Crippen LogP contribution in [0, 0.1) is 23.2 Å². The predicted octanol–water partition coefficient (Wildman–Crippen LogP) is 2.04. The Morgan fingerprint density at radius 3 is 2.36 bits per heavy atom. The summed E-state index contributed by atoms with van der Waals surface area (Å²) in [6, 6.07) is 2.15. The molecule has 0 atom stereocenters. The number of nitriles is 1. The maximum absolute atomic E-state index is 11.3. The number of rotatable bonds is 2. The van der Waals surface area contributed by atoms with Gasteiger partial charge in [-0.25, -0.2) is 0 Å². The number of nitrogens with zero attached hydrogens (tertiary/aromatic N) is 2. The van der Waals surface area contributed by atoms with Crippen LogP contribution in [-0.4, -0.2) is 23.9 Å². The third kappa shape index (κ3) is 3.78. The van der Waals surface area contributed by atoms with Crippen molar-refractivity contribution in [2.45, 2.75) is 34.1 Å². The first kappa shape index (κ1) is 13.0. The molecule has 1 heterocycles. The van der Waals surface area contributed by atoms with Gasteiger partial charge in [0.15, 0.2) is 0 Å². The Kier molecular flexibility index (Phi) is 5.94. The molecule has 0 radical (unpaired) electrons. The Bertz CT molecular complexity index is 212. The van der Waals surface area contributed by atoms with Crippen LogP contribution in [0.3, 0.4) is 0 Å². The largest absolute Gasteiger partial charge is 0.340 e. The average molecular weight is 196 g/mol. The van der Waals surface area contributed by atoms with E-state index in [0.29, 0.717) is 25.4 Å². The third-order valence-corrected chi connectivity index (χ3v) is 2.00. The molecule has 0 unspecified atom stereocenters. The van der Waals surface area contributed by atoms with Crippen LogP contribution in [0.1, 0.15) is 34.1 Å². The topological polar surface area (TPSA) is 44.1 Å². The molecule has 3 nitrogen and oxygen atoms in total. The van der Waals surface area contributed by atoms with Crippen LogP contribution in [0.5, 0.6) is 0 Å². The smallest absolute Gasteiger partial charge is 0.222 e. The van der Waals surface area contributed by atoms with Gasteiger partial charge in [-0.3, -0.25) is 4.79 Å².